The van der Waals surface area contributed by atoms with Crippen LogP contribution >= 0.6 is 0 Å². The number of amides is 1. The van der Waals surface area contributed by atoms with Crippen molar-refractivity contribution in [3.8, 4) is 0 Å². The van der Waals surface area contributed by atoms with Crippen LogP contribution in [-0.4, -0.2) is 5.91 Å². The zero-order valence-corrected chi connectivity index (χ0v) is 11.1. The molecule has 5 heteroatoms. The van der Waals surface area contributed by atoms with E-state index in [4.69, 9.17) is 5.84 Å². The third kappa shape index (κ3) is 3.33. The second-order valence-electron chi connectivity index (χ2n) is 4.51. The van der Waals surface area contributed by atoms with Gasteiger partial charge in [-0.2, -0.15) is 0 Å². The van der Waals surface area contributed by atoms with Crippen LogP contribution in [0, 0.1) is 12.7 Å². The number of hydrazine groups is 1. The van der Waals surface area contributed by atoms with Gasteiger partial charge in [0, 0.05) is 6.54 Å². The molecule has 104 valence electrons. The molecule has 0 saturated heterocycles. The van der Waals surface area contributed by atoms with Crippen LogP contribution in [0.5, 0.6) is 0 Å². The summed E-state index contributed by atoms with van der Waals surface area (Å²) in [6.45, 7) is 2.17. The van der Waals surface area contributed by atoms with Crippen LogP contribution in [0.3, 0.4) is 0 Å². The molecule has 0 spiro atoms. The van der Waals surface area contributed by atoms with Crippen molar-refractivity contribution in [1.29, 1.82) is 0 Å². The van der Waals surface area contributed by atoms with E-state index in [1.807, 2.05) is 13.0 Å². The Hall–Kier alpha value is -2.40. The van der Waals surface area contributed by atoms with Gasteiger partial charge in [0.2, 0.25) is 0 Å². The molecule has 0 heterocycles. The summed E-state index contributed by atoms with van der Waals surface area (Å²) in [6, 6.07) is 11.4. The fourth-order valence-electron chi connectivity index (χ4n) is 1.90. The van der Waals surface area contributed by atoms with Crippen LogP contribution in [-0.2, 0) is 6.54 Å². The number of nitrogens with two attached hydrogens (primary N) is 1. The van der Waals surface area contributed by atoms with E-state index in [1.54, 1.807) is 24.3 Å². The van der Waals surface area contributed by atoms with Crippen LogP contribution in [0.15, 0.2) is 42.5 Å². The van der Waals surface area contributed by atoms with E-state index in [0.29, 0.717) is 16.8 Å². The zero-order chi connectivity index (χ0) is 14.5. The van der Waals surface area contributed by atoms with Gasteiger partial charge >= 0.3 is 0 Å². The summed E-state index contributed by atoms with van der Waals surface area (Å²) in [5.74, 6) is 4.82. The first kappa shape index (κ1) is 14.0. The van der Waals surface area contributed by atoms with Crippen molar-refractivity contribution in [3.05, 3.63) is 65.0 Å². The molecule has 2 aromatic carbocycles. The van der Waals surface area contributed by atoms with Crippen LogP contribution < -0.4 is 16.6 Å². The molecule has 20 heavy (non-hydrogen) atoms. The van der Waals surface area contributed by atoms with Crippen molar-refractivity contribution in [2.24, 2.45) is 5.84 Å². The number of anilines is 1. The molecule has 0 aromatic heterocycles. The Labute approximate surface area is 116 Å². The number of benzene rings is 2. The predicted octanol–water partition coefficient (Wildman–Crippen LogP) is 2.35. The van der Waals surface area contributed by atoms with Crippen molar-refractivity contribution in [2.75, 3.05) is 5.43 Å². The first-order valence-electron chi connectivity index (χ1n) is 6.20. The van der Waals surface area contributed by atoms with Gasteiger partial charge in [-0.25, -0.2) is 4.39 Å². The molecular weight excluding hydrogens is 257 g/mol. The van der Waals surface area contributed by atoms with E-state index in [2.05, 4.69) is 10.7 Å². The second-order valence-corrected chi connectivity index (χ2v) is 4.51. The van der Waals surface area contributed by atoms with Gasteiger partial charge in [-0.1, -0.05) is 18.2 Å². The number of nitrogens with one attached hydrogen (secondary N) is 2. The maximum Gasteiger partial charge on any atom is 0.253 e. The van der Waals surface area contributed by atoms with Crippen molar-refractivity contribution >= 4 is 11.6 Å². The van der Waals surface area contributed by atoms with Crippen molar-refractivity contribution in [2.45, 2.75) is 13.5 Å². The van der Waals surface area contributed by atoms with Gasteiger partial charge in [0.15, 0.2) is 0 Å². The third-order valence-corrected chi connectivity index (χ3v) is 2.92. The molecule has 0 saturated carbocycles. The molecule has 1 amide bonds. The summed E-state index contributed by atoms with van der Waals surface area (Å²) in [5.41, 5.74) is 5.22. The molecule has 0 unspecified atom stereocenters. The summed E-state index contributed by atoms with van der Waals surface area (Å²) in [5, 5.41) is 2.74. The van der Waals surface area contributed by atoms with Crippen LogP contribution in [0.4, 0.5) is 10.1 Å². The van der Waals surface area contributed by atoms with Crippen molar-refractivity contribution in [1.82, 2.24) is 5.32 Å². The lowest BCUT2D eigenvalue weighted by Crippen LogP contribution is -2.24. The summed E-state index contributed by atoms with van der Waals surface area (Å²) < 4.78 is 13.0. The monoisotopic (exact) mass is 273 g/mol. The molecule has 0 bridgehead atoms. The average molecular weight is 273 g/mol. The molecule has 0 fully saturated rings. The van der Waals surface area contributed by atoms with Crippen molar-refractivity contribution < 1.29 is 9.18 Å². The fourth-order valence-corrected chi connectivity index (χ4v) is 1.90. The standard InChI is InChI=1S/C15H16FN3O/c1-10-5-6-13(14(7-10)19-17)15(20)18-9-11-3-2-4-12(16)8-11/h2-8,19H,9,17H2,1H3,(H,18,20). The molecule has 0 radical (unpaired) electrons. The Kier molecular flexibility index (Phi) is 4.32. The van der Waals surface area contributed by atoms with Gasteiger partial charge < -0.3 is 10.7 Å². The van der Waals surface area contributed by atoms with Gasteiger partial charge in [-0.3, -0.25) is 10.6 Å². The lowest BCUT2D eigenvalue weighted by Gasteiger charge is -2.10. The number of hydrogen-bond donors (Lipinski definition) is 3. The molecule has 2 aromatic rings. The Morgan fingerprint density at radius 3 is 2.75 bits per heavy atom. The summed E-state index contributed by atoms with van der Waals surface area (Å²) in [6.07, 6.45) is 0. The Morgan fingerprint density at radius 2 is 2.05 bits per heavy atom. The SMILES string of the molecule is Cc1ccc(C(=O)NCc2cccc(F)c2)c(NN)c1. The number of hydrogen-bond acceptors (Lipinski definition) is 3. The molecule has 0 aliphatic carbocycles. The Bertz CT molecular complexity index is 628. The molecule has 0 aliphatic heterocycles. The molecule has 4 N–H and O–H groups in total. The van der Waals surface area contributed by atoms with E-state index in [0.717, 1.165) is 5.56 Å². The zero-order valence-electron chi connectivity index (χ0n) is 11.1. The number of carbonyl (C=O) groups is 1. The topological polar surface area (TPSA) is 67.2 Å². The van der Waals surface area contributed by atoms with Crippen LogP contribution in [0.1, 0.15) is 21.5 Å². The van der Waals surface area contributed by atoms with E-state index in [1.165, 1.54) is 12.1 Å². The quantitative estimate of drug-likeness (QED) is 0.591. The fraction of sp³-hybridized carbons (Fsp3) is 0.133. The highest BCUT2D eigenvalue weighted by atomic mass is 19.1. The predicted molar refractivity (Wildman–Crippen MR) is 76.6 cm³/mol. The summed E-state index contributed by atoms with van der Waals surface area (Å²) >= 11 is 0. The molecule has 0 atom stereocenters. The molecular formula is C15H16FN3O. The Morgan fingerprint density at radius 1 is 1.25 bits per heavy atom. The second kappa shape index (κ2) is 6.16. The van der Waals surface area contributed by atoms with E-state index in [-0.39, 0.29) is 18.3 Å². The van der Waals surface area contributed by atoms with Crippen molar-refractivity contribution in [3.63, 3.8) is 0 Å². The van der Waals surface area contributed by atoms with Gasteiger partial charge in [-0.05, 0) is 42.3 Å². The first-order chi connectivity index (χ1) is 9.60. The molecule has 2 rings (SSSR count). The number of rotatable bonds is 4. The van der Waals surface area contributed by atoms with Crippen LogP contribution in [0.25, 0.3) is 0 Å². The Balaban J connectivity index is 2.09. The number of halogens is 1. The number of aryl methyl sites for hydroxylation is 1. The normalized spacial score (nSPS) is 10.2. The maximum absolute atomic E-state index is 13.0. The minimum absolute atomic E-state index is 0.258. The average Bonchev–Trinajstić information content (AvgIpc) is 2.44. The lowest BCUT2D eigenvalue weighted by atomic mass is 10.1. The maximum atomic E-state index is 13.0. The van der Waals surface area contributed by atoms with E-state index < -0.39 is 0 Å². The largest absolute Gasteiger partial charge is 0.348 e. The molecule has 0 aliphatic rings. The highest BCUT2D eigenvalue weighted by Crippen LogP contribution is 2.16. The number of nitrogen functional groups attached to an aromatic ring is 1. The minimum atomic E-state index is -0.323. The highest BCUT2D eigenvalue weighted by molar-refractivity contribution is 5.99. The van der Waals surface area contributed by atoms with Gasteiger partial charge in [0.05, 0.1) is 11.3 Å². The first-order valence-corrected chi connectivity index (χ1v) is 6.20. The smallest absolute Gasteiger partial charge is 0.253 e. The minimum Gasteiger partial charge on any atom is -0.348 e. The van der Waals surface area contributed by atoms with E-state index >= 15 is 0 Å². The summed E-state index contributed by atoms with van der Waals surface area (Å²) in [7, 11) is 0. The van der Waals surface area contributed by atoms with Gasteiger partial charge in [-0.15, -0.1) is 0 Å². The highest BCUT2D eigenvalue weighted by Gasteiger charge is 2.10. The summed E-state index contributed by atoms with van der Waals surface area (Å²) in [4.78, 5) is 12.1. The van der Waals surface area contributed by atoms with E-state index in [9.17, 15) is 9.18 Å². The van der Waals surface area contributed by atoms with Gasteiger partial charge in [0.25, 0.3) is 5.91 Å². The number of carbonyl (C=O) groups excluding carboxylic acids is 1. The van der Waals surface area contributed by atoms with Gasteiger partial charge in [0.1, 0.15) is 5.82 Å². The lowest BCUT2D eigenvalue weighted by molar-refractivity contribution is 0.0951. The molecule has 4 nitrogen and oxygen atoms in total. The third-order valence-electron chi connectivity index (χ3n) is 2.92. The van der Waals surface area contributed by atoms with Crippen LogP contribution in [0.2, 0.25) is 0 Å².